The van der Waals surface area contributed by atoms with Crippen LogP contribution < -0.4 is 14.2 Å². The maximum absolute atomic E-state index is 10.9. The summed E-state index contributed by atoms with van der Waals surface area (Å²) >= 11 is 0. The smallest absolute Gasteiger partial charge is 0.130 e. The number of benzene rings is 2. The summed E-state index contributed by atoms with van der Waals surface area (Å²) in [4.78, 5) is 2.29. The van der Waals surface area contributed by atoms with Crippen LogP contribution in [0.3, 0.4) is 0 Å². The fourth-order valence-corrected chi connectivity index (χ4v) is 4.35. The van der Waals surface area contributed by atoms with E-state index in [-0.39, 0.29) is 5.60 Å². The van der Waals surface area contributed by atoms with Crippen LogP contribution in [-0.2, 0) is 0 Å². The Morgan fingerprint density at radius 2 is 1.80 bits per heavy atom. The molecule has 0 unspecified atom stereocenters. The molecule has 0 aromatic heterocycles. The van der Waals surface area contributed by atoms with E-state index in [1.807, 2.05) is 18.2 Å². The third kappa shape index (κ3) is 4.05. The number of piperidine rings is 1. The highest BCUT2D eigenvalue weighted by Crippen LogP contribution is 2.39. The zero-order chi connectivity index (χ0) is 21.3. The zero-order valence-electron chi connectivity index (χ0n) is 18.3. The Balaban J connectivity index is 1.41. The van der Waals surface area contributed by atoms with Crippen molar-refractivity contribution < 1.29 is 19.3 Å². The summed E-state index contributed by atoms with van der Waals surface area (Å²) in [5.41, 5.74) is 4.21. The summed E-state index contributed by atoms with van der Waals surface area (Å²) in [5.74, 6) is 2.38. The van der Waals surface area contributed by atoms with Crippen molar-refractivity contribution in [2.24, 2.45) is 0 Å². The summed E-state index contributed by atoms with van der Waals surface area (Å²) in [6.45, 7) is 6.55. The number of hydrogen-bond donors (Lipinski definition) is 1. The van der Waals surface area contributed by atoms with Crippen molar-refractivity contribution >= 4 is 6.08 Å². The summed E-state index contributed by atoms with van der Waals surface area (Å²) in [5, 5.41) is 10.9. The first-order valence-corrected chi connectivity index (χ1v) is 10.5. The Labute approximate surface area is 178 Å². The largest absolute Gasteiger partial charge is 0.497 e. The minimum absolute atomic E-state index is 0.246. The Morgan fingerprint density at radius 3 is 2.50 bits per heavy atom. The van der Waals surface area contributed by atoms with Gasteiger partial charge in [-0.2, -0.15) is 0 Å². The maximum Gasteiger partial charge on any atom is 0.130 e. The van der Waals surface area contributed by atoms with E-state index in [1.165, 1.54) is 11.1 Å². The number of rotatable bonds is 5. The van der Waals surface area contributed by atoms with E-state index in [2.05, 4.69) is 43.0 Å². The minimum atomic E-state index is -0.640. The highest BCUT2D eigenvalue weighted by Gasteiger charge is 2.37. The molecule has 0 bridgehead atoms. The van der Waals surface area contributed by atoms with Gasteiger partial charge in [0.25, 0.3) is 0 Å². The molecule has 0 radical (unpaired) electrons. The van der Waals surface area contributed by atoms with Crippen LogP contribution in [0.4, 0.5) is 0 Å². The quantitative estimate of drug-likeness (QED) is 0.798. The molecule has 160 valence electrons. The average Bonchev–Trinajstić information content (AvgIpc) is 2.76. The summed E-state index contributed by atoms with van der Waals surface area (Å²) in [6.07, 6.45) is 5.59. The average molecular weight is 410 g/mol. The molecule has 2 aliphatic heterocycles. The monoisotopic (exact) mass is 409 g/mol. The van der Waals surface area contributed by atoms with Crippen molar-refractivity contribution in [2.45, 2.75) is 38.4 Å². The van der Waals surface area contributed by atoms with E-state index in [0.717, 1.165) is 42.8 Å². The van der Waals surface area contributed by atoms with Crippen molar-refractivity contribution in [1.29, 1.82) is 0 Å². The van der Waals surface area contributed by atoms with E-state index >= 15 is 0 Å². The Morgan fingerprint density at radius 1 is 1.07 bits per heavy atom. The lowest BCUT2D eigenvalue weighted by atomic mass is 9.87. The van der Waals surface area contributed by atoms with E-state index in [9.17, 15) is 5.11 Å². The second-order valence-electron chi connectivity index (χ2n) is 8.40. The molecule has 30 heavy (non-hydrogen) atoms. The van der Waals surface area contributed by atoms with Gasteiger partial charge in [-0.25, -0.2) is 0 Å². The molecule has 1 spiro atoms. The third-order valence-electron chi connectivity index (χ3n) is 6.44. The number of nitrogens with zero attached hydrogens (tertiary/aromatic N) is 1. The normalized spacial score (nSPS) is 18.6. The maximum atomic E-state index is 10.9. The molecule has 4 rings (SSSR count). The molecule has 0 aliphatic carbocycles. The van der Waals surface area contributed by atoms with Gasteiger partial charge in [-0.1, -0.05) is 6.08 Å². The molecule has 2 aromatic carbocycles. The molecule has 1 fully saturated rings. The molecule has 1 saturated heterocycles. The SMILES string of the molecule is COc1ccc(OC)c([C@H](O)CN2CCC3(C=Cc4cc(C)c(C)cc4O3)CC2)c1. The van der Waals surface area contributed by atoms with Crippen LogP contribution >= 0.6 is 0 Å². The van der Waals surface area contributed by atoms with Crippen molar-refractivity contribution in [1.82, 2.24) is 4.90 Å². The molecule has 2 heterocycles. The van der Waals surface area contributed by atoms with Crippen LogP contribution in [0.25, 0.3) is 6.08 Å². The first-order valence-electron chi connectivity index (χ1n) is 10.5. The molecule has 5 heteroatoms. The van der Waals surface area contributed by atoms with Gasteiger partial charge in [-0.15, -0.1) is 0 Å². The van der Waals surface area contributed by atoms with Crippen molar-refractivity contribution in [3.63, 3.8) is 0 Å². The Hall–Kier alpha value is -2.50. The molecule has 1 atom stereocenters. The molecule has 2 aliphatic rings. The Bertz CT molecular complexity index is 944. The van der Waals surface area contributed by atoms with Crippen LogP contribution in [-0.4, -0.2) is 49.5 Å². The number of hydrogen-bond acceptors (Lipinski definition) is 5. The van der Waals surface area contributed by atoms with Crippen molar-refractivity contribution in [3.8, 4) is 17.2 Å². The van der Waals surface area contributed by atoms with Crippen LogP contribution in [0.5, 0.6) is 17.2 Å². The van der Waals surface area contributed by atoms with Crippen LogP contribution in [0.1, 0.15) is 41.2 Å². The molecule has 2 aromatic rings. The predicted molar refractivity (Wildman–Crippen MR) is 118 cm³/mol. The molecular weight excluding hydrogens is 378 g/mol. The topological polar surface area (TPSA) is 51.2 Å². The fourth-order valence-electron chi connectivity index (χ4n) is 4.35. The number of aliphatic hydroxyl groups excluding tert-OH is 1. The van der Waals surface area contributed by atoms with Gasteiger partial charge in [0.05, 0.1) is 20.3 Å². The highest BCUT2D eigenvalue weighted by atomic mass is 16.5. The first kappa shape index (κ1) is 20.8. The van der Waals surface area contributed by atoms with Crippen LogP contribution in [0, 0.1) is 13.8 Å². The van der Waals surface area contributed by atoms with Crippen molar-refractivity contribution in [3.05, 3.63) is 58.7 Å². The van der Waals surface area contributed by atoms with Crippen LogP contribution in [0.15, 0.2) is 36.4 Å². The lowest BCUT2D eigenvalue weighted by Gasteiger charge is -2.42. The van der Waals surface area contributed by atoms with Gasteiger partial charge in [0, 0.05) is 43.6 Å². The number of likely N-dealkylation sites (tertiary alicyclic amines) is 1. The molecule has 5 nitrogen and oxygen atoms in total. The van der Waals surface area contributed by atoms with Gasteiger partial charge in [0.2, 0.25) is 0 Å². The van der Waals surface area contributed by atoms with Gasteiger partial charge >= 0.3 is 0 Å². The van der Waals surface area contributed by atoms with E-state index < -0.39 is 6.10 Å². The van der Waals surface area contributed by atoms with E-state index in [0.29, 0.717) is 18.0 Å². The predicted octanol–water partition coefficient (Wildman–Crippen LogP) is 4.29. The van der Waals surface area contributed by atoms with Crippen LogP contribution in [0.2, 0.25) is 0 Å². The lowest BCUT2D eigenvalue weighted by Crippen LogP contribution is -2.48. The molecule has 1 N–H and O–H groups in total. The van der Waals surface area contributed by atoms with E-state index in [4.69, 9.17) is 14.2 Å². The number of β-amino-alcohol motifs (C(OH)–C–C–N with tert-alkyl or cyclic N) is 1. The minimum Gasteiger partial charge on any atom is -0.497 e. The zero-order valence-corrected chi connectivity index (χ0v) is 18.3. The second kappa shape index (κ2) is 8.32. The number of methoxy groups -OCH3 is 2. The molecule has 0 amide bonds. The number of aliphatic hydroxyl groups is 1. The highest BCUT2D eigenvalue weighted by molar-refractivity contribution is 5.63. The standard InChI is InChI=1S/C25H31NO4/c1-17-13-19-7-8-25(30-24(19)14-18(17)2)9-11-26(12-10-25)16-22(27)21-15-20(28-3)5-6-23(21)29-4/h5-8,13-15,22,27H,9-12,16H2,1-4H3/t22-/m1/s1. The molecular formula is C25H31NO4. The first-order chi connectivity index (χ1) is 14.4. The summed E-state index contributed by atoms with van der Waals surface area (Å²) < 4.78 is 17.2. The van der Waals surface area contributed by atoms with E-state index in [1.54, 1.807) is 14.2 Å². The second-order valence-corrected chi connectivity index (χ2v) is 8.40. The van der Waals surface area contributed by atoms with Gasteiger partial charge in [0.15, 0.2) is 0 Å². The third-order valence-corrected chi connectivity index (χ3v) is 6.44. The fraction of sp³-hybridized carbons (Fsp3) is 0.440. The Kier molecular flexibility index (Phi) is 5.76. The lowest BCUT2D eigenvalue weighted by molar-refractivity contribution is 0.0197. The number of ether oxygens (including phenoxy) is 3. The number of aryl methyl sites for hydroxylation is 2. The summed E-state index contributed by atoms with van der Waals surface area (Å²) in [6, 6.07) is 9.88. The van der Waals surface area contributed by atoms with Gasteiger partial charge < -0.3 is 24.2 Å². The van der Waals surface area contributed by atoms with Gasteiger partial charge in [-0.3, -0.25) is 0 Å². The van der Waals surface area contributed by atoms with Crippen molar-refractivity contribution in [2.75, 3.05) is 33.9 Å². The van der Waals surface area contributed by atoms with Gasteiger partial charge in [-0.05, 0) is 61.4 Å². The molecule has 0 saturated carbocycles. The number of fused-ring (bicyclic) bond motifs is 1. The summed E-state index contributed by atoms with van der Waals surface area (Å²) in [7, 11) is 3.25. The van der Waals surface area contributed by atoms with Gasteiger partial charge in [0.1, 0.15) is 22.8 Å².